The van der Waals surface area contributed by atoms with E-state index >= 15 is 0 Å². The van der Waals surface area contributed by atoms with E-state index in [9.17, 15) is 4.79 Å². The highest BCUT2D eigenvalue weighted by molar-refractivity contribution is 5.92. The molecule has 1 aliphatic rings. The fraction of sp³-hybridized carbons (Fsp3) is 0.421. The minimum absolute atomic E-state index is 0.351. The molecule has 2 heterocycles. The quantitative estimate of drug-likeness (QED) is 0.905. The van der Waals surface area contributed by atoms with Gasteiger partial charge >= 0.3 is 0 Å². The number of aromatic nitrogens is 2. The molecule has 0 saturated carbocycles. The molecule has 25 heavy (non-hydrogen) atoms. The Morgan fingerprint density at radius 3 is 2.40 bits per heavy atom. The first-order valence-electron chi connectivity index (χ1n) is 8.67. The topological polar surface area (TPSA) is 81.3 Å². The van der Waals surface area contributed by atoms with Gasteiger partial charge in [-0.15, -0.1) is 0 Å². The highest BCUT2D eigenvalue weighted by Gasteiger charge is 2.26. The molecule has 1 fully saturated rings. The molecule has 0 radical (unpaired) electrons. The van der Waals surface area contributed by atoms with Crippen molar-refractivity contribution in [3.63, 3.8) is 0 Å². The van der Waals surface area contributed by atoms with Crippen molar-refractivity contribution < 1.29 is 9.53 Å². The molecule has 1 aromatic heterocycles. The lowest BCUT2D eigenvalue weighted by atomic mass is 9.93. The summed E-state index contributed by atoms with van der Waals surface area (Å²) in [7, 11) is 0. The van der Waals surface area contributed by atoms with Crippen molar-refractivity contribution in [2.75, 3.05) is 13.1 Å². The van der Waals surface area contributed by atoms with Crippen LogP contribution in [0.1, 0.15) is 48.7 Å². The zero-order valence-corrected chi connectivity index (χ0v) is 14.7. The third-order valence-corrected chi connectivity index (χ3v) is 4.69. The van der Waals surface area contributed by atoms with E-state index in [4.69, 9.17) is 10.5 Å². The second kappa shape index (κ2) is 7.61. The van der Waals surface area contributed by atoms with Gasteiger partial charge in [0.25, 0.3) is 0 Å². The van der Waals surface area contributed by atoms with Gasteiger partial charge in [0.2, 0.25) is 11.8 Å². The smallest absolute Gasteiger partial charge is 0.248 e. The zero-order chi connectivity index (χ0) is 17.8. The van der Waals surface area contributed by atoms with Crippen LogP contribution in [0.5, 0.6) is 11.6 Å². The van der Waals surface area contributed by atoms with Crippen LogP contribution in [0.3, 0.4) is 0 Å². The van der Waals surface area contributed by atoms with Gasteiger partial charge in [0, 0.05) is 29.9 Å². The number of likely N-dealkylation sites (tertiary alicyclic amines) is 1. The molecular formula is C19H24N4O2. The molecule has 6 nitrogen and oxygen atoms in total. The summed E-state index contributed by atoms with van der Waals surface area (Å²) in [6, 6.07) is 7.31. The highest BCUT2D eigenvalue weighted by Crippen LogP contribution is 2.33. The number of amides is 1. The molecular weight excluding hydrogens is 316 g/mol. The van der Waals surface area contributed by atoms with Gasteiger partial charge in [-0.05, 0) is 64.0 Å². The van der Waals surface area contributed by atoms with Gasteiger partial charge in [0.15, 0.2) is 0 Å². The van der Waals surface area contributed by atoms with E-state index in [0.717, 1.165) is 31.6 Å². The minimum Gasteiger partial charge on any atom is -0.437 e. The number of nitrogens with two attached hydrogens (primary N) is 1. The number of hydrogen-bond acceptors (Lipinski definition) is 5. The summed E-state index contributed by atoms with van der Waals surface area (Å²) in [6.45, 7) is 6.58. The van der Waals surface area contributed by atoms with Crippen LogP contribution in [0.4, 0.5) is 0 Å². The van der Waals surface area contributed by atoms with Crippen LogP contribution in [0.2, 0.25) is 0 Å². The molecule has 0 spiro atoms. The summed E-state index contributed by atoms with van der Waals surface area (Å²) in [5.41, 5.74) is 6.62. The maximum atomic E-state index is 11.2. The van der Waals surface area contributed by atoms with Gasteiger partial charge in [0.1, 0.15) is 11.4 Å². The van der Waals surface area contributed by atoms with Gasteiger partial charge in [0.05, 0.1) is 0 Å². The molecule has 1 aliphatic heterocycles. The van der Waals surface area contributed by atoms with Gasteiger partial charge in [-0.2, -0.15) is 0 Å². The van der Waals surface area contributed by atoms with E-state index in [2.05, 4.69) is 28.7 Å². The number of carbonyl (C=O) groups is 1. The van der Waals surface area contributed by atoms with Crippen LogP contribution in [0.15, 0.2) is 36.7 Å². The lowest BCUT2D eigenvalue weighted by Crippen LogP contribution is -2.38. The lowest BCUT2D eigenvalue weighted by molar-refractivity contribution is 0.100. The monoisotopic (exact) mass is 340 g/mol. The van der Waals surface area contributed by atoms with E-state index in [0.29, 0.717) is 29.2 Å². The van der Waals surface area contributed by atoms with E-state index in [1.54, 1.807) is 36.7 Å². The van der Waals surface area contributed by atoms with Crippen molar-refractivity contribution in [2.45, 2.75) is 38.6 Å². The number of nitrogens with zero attached hydrogens (tertiary/aromatic N) is 3. The summed E-state index contributed by atoms with van der Waals surface area (Å²) >= 11 is 0. The standard InChI is InChI=1S/C19H24N4O2/c1-13(2)23-11-7-14(8-12-23)17-19(22-10-9-21-17)25-16-5-3-15(4-6-16)18(20)24/h3-6,9-10,13-14H,7-8,11-12H2,1-2H3,(H2,20,24). The molecule has 132 valence electrons. The summed E-state index contributed by atoms with van der Waals surface area (Å²) in [4.78, 5) is 22.5. The molecule has 2 aromatic rings. The van der Waals surface area contributed by atoms with Crippen LogP contribution in [0, 0.1) is 0 Å². The number of hydrogen-bond donors (Lipinski definition) is 1. The Morgan fingerprint density at radius 2 is 1.80 bits per heavy atom. The Morgan fingerprint density at radius 1 is 1.16 bits per heavy atom. The van der Waals surface area contributed by atoms with Gasteiger partial charge in [-0.3, -0.25) is 9.78 Å². The molecule has 2 N–H and O–H groups in total. The molecule has 0 aliphatic carbocycles. The van der Waals surface area contributed by atoms with Crippen LogP contribution in [-0.2, 0) is 0 Å². The average molecular weight is 340 g/mol. The third kappa shape index (κ3) is 4.14. The van der Waals surface area contributed by atoms with Crippen LogP contribution < -0.4 is 10.5 Å². The molecule has 0 unspecified atom stereocenters. The van der Waals surface area contributed by atoms with Gasteiger partial charge in [-0.1, -0.05) is 0 Å². The first-order chi connectivity index (χ1) is 12.0. The van der Waals surface area contributed by atoms with Crippen LogP contribution in [-0.4, -0.2) is 39.9 Å². The van der Waals surface area contributed by atoms with Crippen molar-refractivity contribution in [1.29, 1.82) is 0 Å². The van der Waals surface area contributed by atoms with Crippen molar-refractivity contribution in [1.82, 2.24) is 14.9 Å². The number of rotatable bonds is 5. The molecule has 6 heteroatoms. The van der Waals surface area contributed by atoms with Crippen molar-refractivity contribution >= 4 is 5.91 Å². The first kappa shape index (κ1) is 17.4. The molecule has 1 amide bonds. The predicted molar refractivity (Wildman–Crippen MR) is 95.7 cm³/mol. The number of piperidine rings is 1. The Kier molecular flexibility index (Phi) is 5.28. The maximum absolute atomic E-state index is 11.2. The normalized spacial score (nSPS) is 16.1. The third-order valence-electron chi connectivity index (χ3n) is 4.69. The summed E-state index contributed by atoms with van der Waals surface area (Å²) in [6.07, 6.45) is 5.45. The first-order valence-corrected chi connectivity index (χ1v) is 8.67. The maximum Gasteiger partial charge on any atom is 0.248 e. The highest BCUT2D eigenvalue weighted by atomic mass is 16.5. The fourth-order valence-electron chi connectivity index (χ4n) is 3.18. The molecule has 1 saturated heterocycles. The Bertz CT molecular complexity index is 722. The summed E-state index contributed by atoms with van der Waals surface area (Å²) in [5.74, 6) is 1.05. The number of benzene rings is 1. The molecule has 3 rings (SSSR count). The zero-order valence-electron chi connectivity index (χ0n) is 14.7. The summed E-state index contributed by atoms with van der Waals surface area (Å²) < 4.78 is 5.93. The second-order valence-electron chi connectivity index (χ2n) is 6.64. The van der Waals surface area contributed by atoms with Crippen LogP contribution >= 0.6 is 0 Å². The van der Waals surface area contributed by atoms with E-state index in [1.165, 1.54) is 0 Å². The molecule has 0 atom stereocenters. The van der Waals surface area contributed by atoms with E-state index in [-0.39, 0.29) is 0 Å². The Balaban J connectivity index is 1.74. The van der Waals surface area contributed by atoms with Gasteiger partial charge in [-0.25, -0.2) is 4.98 Å². The van der Waals surface area contributed by atoms with E-state index < -0.39 is 5.91 Å². The second-order valence-corrected chi connectivity index (χ2v) is 6.64. The Hall–Kier alpha value is -2.47. The Labute approximate surface area is 148 Å². The number of carbonyl (C=O) groups excluding carboxylic acids is 1. The molecule has 1 aromatic carbocycles. The molecule has 0 bridgehead atoms. The predicted octanol–water partition coefficient (Wildman–Crippen LogP) is 2.96. The van der Waals surface area contributed by atoms with Crippen molar-refractivity contribution in [2.24, 2.45) is 5.73 Å². The fourth-order valence-corrected chi connectivity index (χ4v) is 3.18. The largest absolute Gasteiger partial charge is 0.437 e. The lowest BCUT2D eigenvalue weighted by Gasteiger charge is -2.34. The van der Waals surface area contributed by atoms with Crippen molar-refractivity contribution in [3.8, 4) is 11.6 Å². The summed E-state index contributed by atoms with van der Waals surface area (Å²) in [5, 5.41) is 0. The average Bonchev–Trinajstić information content (AvgIpc) is 2.63. The number of primary amides is 1. The minimum atomic E-state index is -0.455. The number of ether oxygens (including phenoxy) is 1. The van der Waals surface area contributed by atoms with Crippen LogP contribution in [0.25, 0.3) is 0 Å². The van der Waals surface area contributed by atoms with E-state index in [1.807, 2.05) is 0 Å². The van der Waals surface area contributed by atoms with Crippen molar-refractivity contribution in [3.05, 3.63) is 47.9 Å². The van der Waals surface area contributed by atoms with Gasteiger partial charge < -0.3 is 15.4 Å². The SMILES string of the molecule is CC(C)N1CCC(c2nccnc2Oc2ccc(C(N)=O)cc2)CC1.